The predicted octanol–water partition coefficient (Wildman–Crippen LogP) is 3.54. The normalized spacial score (nSPS) is 19.8. The topological polar surface area (TPSA) is 44.7 Å². The minimum absolute atomic E-state index is 0.0181. The van der Waals surface area contributed by atoms with Crippen LogP contribution in [0.3, 0.4) is 0 Å². The number of fused-ring (bicyclic) bond motifs is 1. The molecule has 0 saturated carbocycles. The minimum atomic E-state index is -0.329. The summed E-state index contributed by atoms with van der Waals surface area (Å²) in [6.45, 7) is 3.94. The van der Waals surface area contributed by atoms with Gasteiger partial charge in [0.15, 0.2) is 5.82 Å². The SMILES string of the molecule is CC1=C2N=C(c3ccccc3)C(=O)C(C)N2NC(c2ccccc2)=C1. The van der Waals surface area contributed by atoms with Gasteiger partial charge in [-0.2, -0.15) is 0 Å². The lowest BCUT2D eigenvalue weighted by molar-refractivity contribution is -0.117. The molecule has 0 amide bonds. The Morgan fingerprint density at radius 2 is 1.56 bits per heavy atom. The molecule has 0 spiro atoms. The maximum Gasteiger partial charge on any atom is 0.206 e. The van der Waals surface area contributed by atoms with E-state index in [4.69, 9.17) is 0 Å². The van der Waals surface area contributed by atoms with Crippen molar-refractivity contribution in [3.05, 3.63) is 89.3 Å². The largest absolute Gasteiger partial charge is 0.296 e. The summed E-state index contributed by atoms with van der Waals surface area (Å²) in [6, 6.07) is 19.4. The number of rotatable bonds is 2. The number of nitrogens with one attached hydrogen (secondary N) is 1. The lowest BCUT2D eigenvalue weighted by Gasteiger charge is -2.39. The first kappa shape index (κ1) is 15.4. The molecule has 0 fully saturated rings. The molecule has 0 aromatic heterocycles. The molecule has 0 radical (unpaired) electrons. The van der Waals surface area contributed by atoms with Gasteiger partial charge in [-0.05, 0) is 31.1 Å². The molecule has 1 N–H and O–H groups in total. The number of carbonyl (C=O) groups is 1. The van der Waals surface area contributed by atoms with Crippen LogP contribution < -0.4 is 5.43 Å². The molecule has 2 aromatic rings. The fraction of sp³-hybridized carbons (Fsp3) is 0.143. The van der Waals surface area contributed by atoms with Gasteiger partial charge in [0.25, 0.3) is 0 Å². The first-order valence-electron chi connectivity index (χ1n) is 8.37. The Morgan fingerprint density at radius 3 is 2.20 bits per heavy atom. The molecule has 4 rings (SSSR count). The van der Waals surface area contributed by atoms with Crippen molar-refractivity contribution < 1.29 is 4.79 Å². The van der Waals surface area contributed by atoms with E-state index in [1.807, 2.05) is 79.5 Å². The number of benzene rings is 2. The molecule has 2 aromatic carbocycles. The van der Waals surface area contributed by atoms with Crippen LogP contribution in [0.2, 0.25) is 0 Å². The van der Waals surface area contributed by atoms with Crippen molar-refractivity contribution >= 4 is 17.2 Å². The van der Waals surface area contributed by atoms with E-state index in [1.54, 1.807) is 0 Å². The van der Waals surface area contributed by atoms with Crippen LogP contribution in [0.5, 0.6) is 0 Å². The Hall–Kier alpha value is -3.14. The predicted molar refractivity (Wildman–Crippen MR) is 99.5 cm³/mol. The fourth-order valence-electron chi connectivity index (χ4n) is 3.15. The smallest absolute Gasteiger partial charge is 0.206 e. The van der Waals surface area contributed by atoms with Gasteiger partial charge in [0.2, 0.25) is 5.78 Å². The quantitative estimate of drug-likeness (QED) is 0.916. The third-order valence-corrected chi connectivity index (χ3v) is 4.53. The van der Waals surface area contributed by atoms with Crippen LogP contribution in [-0.2, 0) is 4.79 Å². The van der Waals surface area contributed by atoms with Crippen LogP contribution in [0.4, 0.5) is 0 Å². The van der Waals surface area contributed by atoms with Crippen molar-refractivity contribution in [3.63, 3.8) is 0 Å². The molecule has 0 bridgehead atoms. The van der Waals surface area contributed by atoms with Gasteiger partial charge >= 0.3 is 0 Å². The van der Waals surface area contributed by atoms with Gasteiger partial charge in [0.1, 0.15) is 11.8 Å². The number of allylic oxidation sites excluding steroid dienone is 2. The lowest BCUT2D eigenvalue weighted by atomic mass is 9.98. The Labute approximate surface area is 147 Å². The minimum Gasteiger partial charge on any atom is -0.296 e. The summed E-state index contributed by atoms with van der Waals surface area (Å²) in [5.41, 5.74) is 7.83. The zero-order chi connectivity index (χ0) is 17.4. The molecule has 2 aliphatic rings. The fourth-order valence-corrected chi connectivity index (χ4v) is 3.15. The Balaban J connectivity index is 1.81. The molecule has 4 heteroatoms. The number of ketones is 1. The average Bonchev–Trinajstić information content (AvgIpc) is 2.66. The molecular formula is C21H19N3O. The highest BCUT2D eigenvalue weighted by atomic mass is 16.1. The maximum atomic E-state index is 12.9. The van der Waals surface area contributed by atoms with Crippen molar-refractivity contribution in [1.82, 2.24) is 10.4 Å². The van der Waals surface area contributed by atoms with Crippen molar-refractivity contribution in [1.29, 1.82) is 0 Å². The zero-order valence-electron chi connectivity index (χ0n) is 14.2. The molecule has 1 atom stereocenters. The van der Waals surface area contributed by atoms with Gasteiger partial charge in [0.05, 0.1) is 5.70 Å². The van der Waals surface area contributed by atoms with Crippen LogP contribution in [0.1, 0.15) is 25.0 Å². The van der Waals surface area contributed by atoms with Crippen LogP contribution in [-0.4, -0.2) is 22.5 Å². The summed E-state index contributed by atoms with van der Waals surface area (Å²) in [5, 5.41) is 1.87. The summed E-state index contributed by atoms with van der Waals surface area (Å²) < 4.78 is 0. The van der Waals surface area contributed by atoms with E-state index in [9.17, 15) is 4.79 Å². The molecule has 2 aliphatic heterocycles. The first-order chi connectivity index (χ1) is 12.1. The van der Waals surface area contributed by atoms with Gasteiger partial charge in [0, 0.05) is 5.56 Å². The second-order valence-corrected chi connectivity index (χ2v) is 6.28. The van der Waals surface area contributed by atoms with E-state index in [0.29, 0.717) is 5.71 Å². The highest BCUT2D eigenvalue weighted by molar-refractivity contribution is 6.48. The average molecular weight is 329 g/mol. The van der Waals surface area contributed by atoms with Crippen LogP contribution >= 0.6 is 0 Å². The monoisotopic (exact) mass is 329 g/mol. The number of carbonyl (C=O) groups excluding carboxylic acids is 1. The van der Waals surface area contributed by atoms with Crippen molar-refractivity contribution in [2.75, 3.05) is 0 Å². The van der Waals surface area contributed by atoms with Gasteiger partial charge in [-0.3, -0.25) is 15.2 Å². The number of hydrogen-bond acceptors (Lipinski definition) is 4. The summed E-state index contributed by atoms with van der Waals surface area (Å²) in [7, 11) is 0. The molecule has 0 aliphatic carbocycles. The van der Waals surface area contributed by atoms with Gasteiger partial charge in [-0.25, -0.2) is 4.99 Å². The highest BCUT2D eigenvalue weighted by Crippen LogP contribution is 2.29. The van der Waals surface area contributed by atoms with E-state index in [1.165, 1.54) is 0 Å². The first-order valence-corrected chi connectivity index (χ1v) is 8.37. The molecule has 2 heterocycles. The number of hydrogen-bond donors (Lipinski definition) is 1. The summed E-state index contributed by atoms with van der Waals surface area (Å²) >= 11 is 0. The molecular weight excluding hydrogens is 310 g/mol. The summed E-state index contributed by atoms with van der Waals surface area (Å²) in [6.07, 6.45) is 2.08. The molecule has 4 nitrogen and oxygen atoms in total. The van der Waals surface area contributed by atoms with Crippen molar-refractivity contribution in [2.45, 2.75) is 19.9 Å². The van der Waals surface area contributed by atoms with E-state index >= 15 is 0 Å². The standard InChI is InChI=1S/C21H19N3O/c1-14-13-18(16-9-5-3-6-10-16)23-24-15(2)20(25)19(22-21(14)24)17-11-7-4-8-12-17/h3-13,15,23H,1-2H3. The number of hydrazine groups is 1. The molecule has 1 unspecified atom stereocenters. The zero-order valence-corrected chi connectivity index (χ0v) is 14.2. The molecule has 124 valence electrons. The Morgan fingerprint density at radius 1 is 0.960 bits per heavy atom. The van der Waals surface area contributed by atoms with Crippen molar-refractivity contribution in [3.8, 4) is 0 Å². The van der Waals surface area contributed by atoms with Gasteiger partial charge < -0.3 is 0 Å². The molecule has 0 saturated heterocycles. The second-order valence-electron chi connectivity index (χ2n) is 6.28. The third kappa shape index (κ3) is 2.66. The Kier molecular flexibility index (Phi) is 3.73. The summed E-state index contributed by atoms with van der Waals surface area (Å²) in [4.78, 5) is 17.6. The second kappa shape index (κ2) is 6.06. The van der Waals surface area contributed by atoms with Gasteiger partial charge in [-0.15, -0.1) is 0 Å². The van der Waals surface area contributed by atoms with Gasteiger partial charge in [-0.1, -0.05) is 60.7 Å². The number of aliphatic imine (C=N–C) groups is 1. The van der Waals surface area contributed by atoms with E-state index in [-0.39, 0.29) is 11.8 Å². The number of nitrogens with zero attached hydrogens (tertiary/aromatic N) is 2. The summed E-state index contributed by atoms with van der Waals surface area (Å²) in [5.74, 6) is 0.815. The van der Waals surface area contributed by atoms with E-state index < -0.39 is 0 Å². The Bertz CT molecular complexity index is 911. The highest BCUT2D eigenvalue weighted by Gasteiger charge is 2.35. The van der Waals surface area contributed by atoms with E-state index in [0.717, 1.165) is 28.2 Å². The molecule has 25 heavy (non-hydrogen) atoms. The lowest BCUT2D eigenvalue weighted by Crippen LogP contribution is -2.52. The maximum absolute atomic E-state index is 12.9. The van der Waals surface area contributed by atoms with Crippen LogP contribution in [0.25, 0.3) is 5.70 Å². The van der Waals surface area contributed by atoms with Crippen LogP contribution in [0, 0.1) is 0 Å². The van der Waals surface area contributed by atoms with Crippen molar-refractivity contribution in [2.24, 2.45) is 4.99 Å². The van der Waals surface area contributed by atoms with Crippen LogP contribution in [0.15, 0.2) is 83.1 Å². The van der Waals surface area contributed by atoms with E-state index in [2.05, 4.69) is 16.5 Å². The number of Topliss-reactive ketones (excluding diaryl/α,β-unsaturated/α-hetero) is 1. The third-order valence-electron chi connectivity index (χ3n) is 4.53.